The number of halogens is 2. The van der Waals surface area contributed by atoms with Gasteiger partial charge in [-0.3, -0.25) is 0 Å². The molecule has 3 aliphatic carbocycles. The summed E-state index contributed by atoms with van der Waals surface area (Å²) >= 11 is -0.783. The summed E-state index contributed by atoms with van der Waals surface area (Å²) in [5.41, 5.74) is 8.51. The van der Waals surface area contributed by atoms with Gasteiger partial charge in [-0.2, -0.15) is 0 Å². The molecule has 3 heteroatoms. The third kappa shape index (κ3) is 3.99. The van der Waals surface area contributed by atoms with Gasteiger partial charge in [-0.05, 0) is 0 Å². The van der Waals surface area contributed by atoms with Gasteiger partial charge in [0.2, 0.25) is 0 Å². The minimum Gasteiger partial charge on any atom is -1.00 e. The van der Waals surface area contributed by atoms with Crippen molar-refractivity contribution in [1.29, 1.82) is 0 Å². The molecule has 1 aromatic rings. The van der Waals surface area contributed by atoms with Crippen LogP contribution in [0.15, 0.2) is 53.1 Å². The molecule has 1 aromatic carbocycles. The molecule has 0 nitrogen and oxygen atoms in total. The Hall–Kier alpha value is 0.270. The first-order valence-corrected chi connectivity index (χ1v) is 13.0. The molecule has 0 N–H and O–H groups in total. The number of hydrogen-bond acceptors (Lipinski definition) is 0. The zero-order valence-corrected chi connectivity index (χ0v) is 21.0. The smallest absolute Gasteiger partial charge is 1.00 e. The van der Waals surface area contributed by atoms with Crippen molar-refractivity contribution in [3.8, 4) is 0 Å². The van der Waals surface area contributed by atoms with E-state index in [1.165, 1.54) is 44.1 Å². The molecule has 0 fully saturated rings. The Labute approximate surface area is 178 Å². The van der Waals surface area contributed by atoms with Crippen molar-refractivity contribution in [3.05, 3.63) is 64.3 Å². The molecule has 24 heavy (non-hydrogen) atoms. The Morgan fingerprint density at radius 1 is 1.08 bits per heavy atom. The minimum atomic E-state index is -0.783. The van der Waals surface area contributed by atoms with E-state index < -0.39 is 22.9 Å². The molecular weight excluding hydrogens is 591 g/mol. The van der Waals surface area contributed by atoms with Crippen LogP contribution < -0.4 is 34.0 Å². The third-order valence-electron chi connectivity index (χ3n) is 5.32. The molecule has 4 rings (SSSR count). The summed E-state index contributed by atoms with van der Waals surface area (Å²) in [7, 11) is 0. The van der Waals surface area contributed by atoms with Gasteiger partial charge in [0.05, 0.1) is 0 Å². The summed E-state index contributed by atoms with van der Waals surface area (Å²) < 4.78 is 1.74. The van der Waals surface area contributed by atoms with E-state index in [0.717, 1.165) is 7.35 Å². The number of hydrogen-bond donors (Lipinski definition) is 0. The first-order valence-electron chi connectivity index (χ1n) is 8.82. The van der Waals surface area contributed by atoms with Crippen molar-refractivity contribution in [1.82, 2.24) is 0 Å². The molecule has 2 unspecified atom stereocenters. The maximum absolute atomic E-state index is 2.59. The Morgan fingerprint density at radius 3 is 2.71 bits per heavy atom. The molecule has 0 amide bonds. The molecule has 0 spiro atoms. The zero-order chi connectivity index (χ0) is 14.9. The Kier molecular flexibility index (Phi) is 7.96. The summed E-state index contributed by atoms with van der Waals surface area (Å²) in [5, 5.41) is 0. The van der Waals surface area contributed by atoms with E-state index in [4.69, 9.17) is 0 Å². The monoisotopic (exact) mass is 614 g/mol. The predicted octanol–water partition coefficient (Wildman–Crippen LogP) is 0.244. The van der Waals surface area contributed by atoms with E-state index >= 15 is 0 Å². The van der Waals surface area contributed by atoms with Gasteiger partial charge in [-0.15, -0.1) is 0 Å². The van der Waals surface area contributed by atoms with Gasteiger partial charge in [-0.25, -0.2) is 0 Å². The molecule has 3 aliphatic rings. The second kappa shape index (κ2) is 9.28. The van der Waals surface area contributed by atoms with Crippen molar-refractivity contribution < 1.29 is 56.9 Å². The Balaban J connectivity index is 0.00000104. The van der Waals surface area contributed by atoms with Crippen LogP contribution in [0.2, 0.25) is 3.67 Å². The van der Waals surface area contributed by atoms with Gasteiger partial charge in [0.1, 0.15) is 0 Å². The predicted molar refractivity (Wildman–Crippen MR) is 90.5 cm³/mol. The van der Waals surface area contributed by atoms with Crippen molar-refractivity contribution in [2.24, 2.45) is 0 Å². The van der Waals surface area contributed by atoms with Gasteiger partial charge < -0.3 is 34.0 Å². The van der Waals surface area contributed by atoms with Crippen LogP contribution in [-0.2, 0) is 22.9 Å². The maximum atomic E-state index is 2.59. The fourth-order valence-corrected chi connectivity index (χ4v) is 11.4. The van der Waals surface area contributed by atoms with E-state index in [1.54, 1.807) is 16.7 Å². The minimum absolute atomic E-state index is 0. The number of rotatable bonds is 4. The quantitative estimate of drug-likeness (QED) is 0.427. The van der Waals surface area contributed by atoms with Gasteiger partial charge in [-0.1, -0.05) is 0 Å². The Bertz CT molecular complexity index is 672. The number of benzene rings is 1. The van der Waals surface area contributed by atoms with Crippen molar-refractivity contribution >= 4 is 6.08 Å². The topological polar surface area (TPSA) is 0 Å². The third-order valence-corrected chi connectivity index (χ3v) is 12.2. The standard InChI is InChI=1S/C12H13.C9H11.2BrH.Hf/c1-2-5-10-8-11-6-3-4-7-12(11)9-10;1-2-5-9-7-3-6-8(9)4-1;;;/h3-4,6-9H,2,5H2,1H3;3,6-7H,1-2,4-5H2;2*1H;/q;;;;+2/p-2. The van der Waals surface area contributed by atoms with Crippen LogP contribution in [0.4, 0.5) is 0 Å². The van der Waals surface area contributed by atoms with Crippen LogP contribution in [-0.4, -0.2) is 0 Å². The van der Waals surface area contributed by atoms with Gasteiger partial charge >= 0.3 is 146 Å². The van der Waals surface area contributed by atoms with E-state index in [0.29, 0.717) is 0 Å². The van der Waals surface area contributed by atoms with Crippen LogP contribution in [0, 0.1) is 0 Å². The Morgan fingerprint density at radius 2 is 1.88 bits per heavy atom. The van der Waals surface area contributed by atoms with Gasteiger partial charge in [0.15, 0.2) is 0 Å². The SMILES string of the molecule is CCCC1=Cc2ccccc2[CH]1[Hf+2][CH]1C=CC2=C1CCCC2.[Br-].[Br-]. The van der Waals surface area contributed by atoms with Gasteiger partial charge in [0.25, 0.3) is 0 Å². The zero-order valence-electron chi connectivity index (χ0n) is 14.2. The number of allylic oxidation sites excluding steroid dienone is 5. The summed E-state index contributed by atoms with van der Waals surface area (Å²) in [6.07, 6.45) is 15.8. The van der Waals surface area contributed by atoms with E-state index in [2.05, 4.69) is 49.4 Å². The van der Waals surface area contributed by atoms with E-state index in [1.807, 2.05) is 5.57 Å². The fourth-order valence-electron chi connectivity index (χ4n) is 4.25. The second-order valence-corrected chi connectivity index (χ2v) is 12.3. The van der Waals surface area contributed by atoms with E-state index in [-0.39, 0.29) is 34.0 Å². The fraction of sp³-hybridized carbons (Fsp3) is 0.429. The van der Waals surface area contributed by atoms with Crippen molar-refractivity contribution in [3.63, 3.8) is 0 Å². The van der Waals surface area contributed by atoms with Crippen LogP contribution in [0.25, 0.3) is 6.08 Å². The molecule has 126 valence electrons. The van der Waals surface area contributed by atoms with E-state index in [9.17, 15) is 0 Å². The molecule has 0 saturated carbocycles. The largest absolute Gasteiger partial charge is 1.00 e. The van der Waals surface area contributed by atoms with Crippen molar-refractivity contribution in [2.75, 3.05) is 0 Å². The summed E-state index contributed by atoms with van der Waals surface area (Å²) in [6, 6.07) is 9.17. The molecule has 0 saturated heterocycles. The molecular formula is C21H24Br2Hf. The molecule has 0 aromatic heterocycles. The summed E-state index contributed by atoms with van der Waals surface area (Å²) in [6.45, 7) is 2.33. The first kappa shape index (κ1) is 20.6. The molecule has 2 atom stereocenters. The van der Waals surface area contributed by atoms with Crippen LogP contribution >= 0.6 is 0 Å². The molecule has 0 bridgehead atoms. The normalized spacial score (nSPS) is 23.6. The maximum Gasteiger partial charge on any atom is -1.00 e. The van der Waals surface area contributed by atoms with Crippen LogP contribution in [0.1, 0.15) is 60.3 Å². The molecule has 0 radical (unpaired) electrons. The van der Waals surface area contributed by atoms with Crippen molar-refractivity contribution in [2.45, 2.75) is 52.8 Å². The average Bonchev–Trinajstić information content (AvgIpc) is 3.11. The molecule has 0 heterocycles. The number of fused-ring (bicyclic) bond motifs is 1. The second-order valence-electron chi connectivity index (χ2n) is 6.79. The van der Waals surface area contributed by atoms with Crippen LogP contribution in [0.3, 0.4) is 0 Å². The van der Waals surface area contributed by atoms with Gasteiger partial charge in [0, 0.05) is 0 Å². The summed E-state index contributed by atoms with van der Waals surface area (Å²) in [5.74, 6) is 0. The first-order chi connectivity index (χ1) is 10.9. The van der Waals surface area contributed by atoms with Crippen LogP contribution in [0.5, 0.6) is 0 Å². The summed E-state index contributed by atoms with van der Waals surface area (Å²) in [4.78, 5) is 0. The average molecular weight is 615 g/mol. The molecule has 0 aliphatic heterocycles.